The number of hydrogen-bond acceptors (Lipinski definition) is 2. The standard InChI is InChI=1S/C15H21NOS/c1-11(2)10-14(17)16-15(12-6-3-4-7-12)13-8-5-9-18-13/h5,8-10,12,15H,3-4,6-7H2,1-2H3,(H,16,17). The molecule has 1 aliphatic carbocycles. The van der Waals surface area contributed by atoms with Crippen LogP contribution < -0.4 is 5.32 Å². The maximum absolute atomic E-state index is 11.9. The summed E-state index contributed by atoms with van der Waals surface area (Å²) in [7, 11) is 0. The van der Waals surface area contributed by atoms with Crippen LogP contribution in [0, 0.1) is 5.92 Å². The molecule has 0 aromatic carbocycles. The summed E-state index contributed by atoms with van der Waals surface area (Å²) in [5.74, 6) is 0.651. The zero-order valence-corrected chi connectivity index (χ0v) is 11.9. The number of carbonyl (C=O) groups is 1. The van der Waals surface area contributed by atoms with Crippen molar-refractivity contribution in [3.63, 3.8) is 0 Å². The van der Waals surface area contributed by atoms with Crippen LogP contribution in [-0.2, 0) is 4.79 Å². The smallest absolute Gasteiger partial charge is 0.244 e. The first kappa shape index (κ1) is 13.3. The van der Waals surface area contributed by atoms with Gasteiger partial charge in [-0.25, -0.2) is 0 Å². The Morgan fingerprint density at radius 1 is 1.44 bits per heavy atom. The van der Waals surface area contributed by atoms with Crippen LogP contribution in [0.2, 0.25) is 0 Å². The Balaban J connectivity index is 2.10. The van der Waals surface area contributed by atoms with E-state index >= 15 is 0 Å². The Morgan fingerprint density at radius 2 is 2.17 bits per heavy atom. The topological polar surface area (TPSA) is 29.1 Å². The highest BCUT2D eigenvalue weighted by Crippen LogP contribution is 2.37. The van der Waals surface area contributed by atoms with Gasteiger partial charge in [0.15, 0.2) is 0 Å². The van der Waals surface area contributed by atoms with Gasteiger partial charge in [-0.1, -0.05) is 24.5 Å². The first-order valence-electron chi connectivity index (χ1n) is 6.65. The molecule has 0 aliphatic heterocycles. The quantitative estimate of drug-likeness (QED) is 0.815. The highest BCUT2D eigenvalue weighted by Gasteiger charge is 2.27. The van der Waals surface area contributed by atoms with Crippen LogP contribution >= 0.6 is 11.3 Å². The zero-order valence-electron chi connectivity index (χ0n) is 11.1. The fraction of sp³-hybridized carbons (Fsp3) is 0.533. The summed E-state index contributed by atoms with van der Waals surface area (Å²) in [5, 5.41) is 5.28. The van der Waals surface area contributed by atoms with E-state index in [0.29, 0.717) is 5.92 Å². The van der Waals surface area contributed by atoms with Crippen molar-refractivity contribution in [1.82, 2.24) is 5.32 Å². The number of hydrogen-bond donors (Lipinski definition) is 1. The van der Waals surface area contributed by atoms with Gasteiger partial charge in [0.2, 0.25) is 5.91 Å². The summed E-state index contributed by atoms with van der Waals surface area (Å²) < 4.78 is 0. The van der Waals surface area contributed by atoms with E-state index in [0.717, 1.165) is 5.57 Å². The summed E-state index contributed by atoms with van der Waals surface area (Å²) in [6, 6.07) is 4.40. The van der Waals surface area contributed by atoms with Crippen LogP contribution in [0.25, 0.3) is 0 Å². The third-order valence-corrected chi connectivity index (χ3v) is 4.39. The van der Waals surface area contributed by atoms with Gasteiger partial charge >= 0.3 is 0 Å². The average molecular weight is 263 g/mol. The second-order valence-corrected chi connectivity index (χ2v) is 6.25. The van der Waals surface area contributed by atoms with E-state index < -0.39 is 0 Å². The van der Waals surface area contributed by atoms with Gasteiger partial charge in [0, 0.05) is 11.0 Å². The van der Waals surface area contributed by atoms with Crippen molar-refractivity contribution in [3.8, 4) is 0 Å². The predicted molar refractivity (Wildman–Crippen MR) is 76.6 cm³/mol. The Kier molecular flexibility index (Phi) is 4.59. The van der Waals surface area contributed by atoms with Gasteiger partial charge in [-0.2, -0.15) is 0 Å². The van der Waals surface area contributed by atoms with Crippen LogP contribution in [-0.4, -0.2) is 5.91 Å². The van der Waals surface area contributed by atoms with E-state index in [1.807, 2.05) is 13.8 Å². The van der Waals surface area contributed by atoms with E-state index in [1.54, 1.807) is 17.4 Å². The van der Waals surface area contributed by atoms with Crippen LogP contribution in [0.4, 0.5) is 0 Å². The molecule has 1 heterocycles. The Bertz CT molecular complexity index is 412. The third-order valence-electron chi connectivity index (χ3n) is 3.44. The monoisotopic (exact) mass is 263 g/mol. The molecule has 2 rings (SSSR count). The summed E-state index contributed by atoms with van der Waals surface area (Å²) in [6.07, 6.45) is 6.75. The van der Waals surface area contributed by atoms with E-state index in [1.165, 1.54) is 30.6 Å². The van der Waals surface area contributed by atoms with Crippen molar-refractivity contribution in [1.29, 1.82) is 0 Å². The highest BCUT2D eigenvalue weighted by atomic mass is 32.1. The van der Waals surface area contributed by atoms with Crippen LogP contribution in [0.5, 0.6) is 0 Å². The first-order chi connectivity index (χ1) is 8.66. The number of amides is 1. The summed E-state index contributed by atoms with van der Waals surface area (Å²) in [6.45, 7) is 3.91. The van der Waals surface area contributed by atoms with Crippen LogP contribution in [0.1, 0.15) is 50.4 Å². The second kappa shape index (κ2) is 6.19. The molecule has 2 nitrogen and oxygen atoms in total. The molecule has 0 spiro atoms. The van der Waals surface area contributed by atoms with Crippen LogP contribution in [0.15, 0.2) is 29.2 Å². The van der Waals surface area contributed by atoms with E-state index in [-0.39, 0.29) is 11.9 Å². The van der Waals surface area contributed by atoms with Crippen molar-refractivity contribution in [2.45, 2.75) is 45.6 Å². The fourth-order valence-corrected chi connectivity index (χ4v) is 3.51. The normalized spacial score (nSPS) is 17.4. The predicted octanol–water partition coefficient (Wildman–Crippen LogP) is 4.06. The Morgan fingerprint density at radius 3 is 2.72 bits per heavy atom. The molecule has 98 valence electrons. The molecule has 1 aliphatic rings. The maximum atomic E-state index is 11.9. The van der Waals surface area contributed by atoms with Crippen molar-refractivity contribution in [3.05, 3.63) is 34.0 Å². The molecule has 1 aromatic rings. The van der Waals surface area contributed by atoms with Gasteiger partial charge in [-0.15, -0.1) is 11.3 Å². The Labute approximate surface area is 113 Å². The van der Waals surface area contributed by atoms with Crippen molar-refractivity contribution < 1.29 is 4.79 Å². The minimum absolute atomic E-state index is 0.0419. The number of allylic oxidation sites excluding steroid dienone is 1. The van der Waals surface area contributed by atoms with E-state index in [4.69, 9.17) is 0 Å². The van der Waals surface area contributed by atoms with Gasteiger partial charge in [0.1, 0.15) is 0 Å². The minimum Gasteiger partial charge on any atom is -0.345 e. The summed E-state index contributed by atoms with van der Waals surface area (Å²) >= 11 is 1.74. The molecule has 18 heavy (non-hydrogen) atoms. The van der Waals surface area contributed by atoms with Gasteiger partial charge in [-0.05, 0) is 44.1 Å². The molecule has 1 N–H and O–H groups in total. The molecule has 0 bridgehead atoms. The SMILES string of the molecule is CC(C)=CC(=O)NC(c1cccs1)C1CCCC1. The molecular weight excluding hydrogens is 242 g/mol. The highest BCUT2D eigenvalue weighted by molar-refractivity contribution is 7.10. The molecule has 0 saturated heterocycles. The van der Waals surface area contributed by atoms with Gasteiger partial charge in [0.25, 0.3) is 0 Å². The van der Waals surface area contributed by atoms with Crippen molar-refractivity contribution in [2.75, 3.05) is 0 Å². The maximum Gasteiger partial charge on any atom is 0.244 e. The average Bonchev–Trinajstić information content (AvgIpc) is 2.98. The van der Waals surface area contributed by atoms with E-state index in [9.17, 15) is 4.79 Å². The lowest BCUT2D eigenvalue weighted by molar-refractivity contribution is -0.117. The molecule has 1 amide bonds. The summed E-state index contributed by atoms with van der Waals surface area (Å²) in [4.78, 5) is 13.2. The molecule has 0 radical (unpaired) electrons. The number of nitrogens with one attached hydrogen (secondary N) is 1. The Hall–Kier alpha value is -1.09. The molecule has 1 atom stereocenters. The molecular formula is C15H21NOS. The molecule has 3 heteroatoms. The lowest BCUT2D eigenvalue weighted by Crippen LogP contribution is -2.31. The van der Waals surface area contributed by atoms with Gasteiger partial charge < -0.3 is 5.32 Å². The zero-order chi connectivity index (χ0) is 13.0. The third kappa shape index (κ3) is 3.45. The largest absolute Gasteiger partial charge is 0.345 e. The molecule has 1 fully saturated rings. The van der Waals surface area contributed by atoms with Gasteiger partial charge in [0.05, 0.1) is 6.04 Å². The lowest BCUT2D eigenvalue weighted by Gasteiger charge is -2.23. The molecule has 1 unspecified atom stereocenters. The first-order valence-corrected chi connectivity index (χ1v) is 7.53. The molecule has 1 aromatic heterocycles. The summed E-state index contributed by atoms with van der Waals surface area (Å²) in [5.41, 5.74) is 1.05. The number of rotatable bonds is 4. The fourth-order valence-electron chi connectivity index (χ4n) is 2.64. The minimum atomic E-state index is 0.0419. The van der Waals surface area contributed by atoms with Crippen molar-refractivity contribution >= 4 is 17.2 Å². The van der Waals surface area contributed by atoms with Crippen LogP contribution in [0.3, 0.4) is 0 Å². The number of carbonyl (C=O) groups excluding carboxylic acids is 1. The number of thiophene rings is 1. The van der Waals surface area contributed by atoms with E-state index in [2.05, 4.69) is 22.8 Å². The van der Waals surface area contributed by atoms with Crippen molar-refractivity contribution in [2.24, 2.45) is 5.92 Å². The molecule has 1 saturated carbocycles. The lowest BCUT2D eigenvalue weighted by atomic mass is 9.96. The second-order valence-electron chi connectivity index (χ2n) is 5.27. The van der Waals surface area contributed by atoms with Gasteiger partial charge in [-0.3, -0.25) is 4.79 Å².